The lowest BCUT2D eigenvalue weighted by Gasteiger charge is -2.25. The third kappa shape index (κ3) is 21.2. The molecule has 43 heavy (non-hydrogen) atoms. The fourth-order valence-corrected chi connectivity index (χ4v) is 5.81. The van der Waals surface area contributed by atoms with Gasteiger partial charge in [0.15, 0.2) is 0 Å². The fraction of sp³-hybridized carbons (Fsp3) is 0.844. The van der Waals surface area contributed by atoms with Crippen molar-refractivity contribution in [2.75, 3.05) is 45.8 Å². The van der Waals surface area contributed by atoms with Crippen LogP contribution in [0.3, 0.4) is 0 Å². The van der Waals surface area contributed by atoms with Crippen molar-refractivity contribution in [2.24, 2.45) is 0 Å². The largest absolute Gasteiger partial charge is 0.447 e. The monoisotopic (exact) mass is 741 g/mol. The van der Waals surface area contributed by atoms with Gasteiger partial charge in [-0.05, 0) is 18.8 Å². The highest BCUT2D eigenvalue weighted by atomic mass is 127. The van der Waals surface area contributed by atoms with Gasteiger partial charge in [-0.15, -0.1) is 35.7 Å². The van der Waals surface area contributed by atoms with Gasteiger partial charge in [0, 0.05) is 32.8 Å². The lowest BCUT2D eigenvalue weighted by atomic mass is 10.0. The maximum absolute atomic E-state index is 12.6. The van der Waals surface area contributed by atoms with Gasteiger partial charge in [0.05, 0.1) is 12.4 Å². The Morgan fingerprint density at radius 1 is 0.860 bits per heavy atom. The summed E-state index contributed by atoms with van der Waals surface area (Å²) in [5, 5.41) is 4.72. The van der Waals surface area contributed by atoms with E-state index in [2.05, 4.69) is 17.1 Å². The summed E-state index contributed by atoms with van der Waals surface area (Å²) in [6.45, 7) is 6.97. The number of alkyl carbamates (subject to hydrolysis) is 1. The number of carbonyl (C=O) groups excluding carboxylic acids is 3. The molecule has 1 rings (SSSR count). The Bertz CT molecular complexity index is 773. The molecule has 1 N–H and O–H groups in total. The first-order valence-electron chi connectivity index (χ1n) is 16.4. The molecule has 252 valence electrons. The molecule has 1 heterocycles. The molecule has 0 aromatic rings. The average molecular weight is 742 g/mol. The fourth-order valence-electron chi connectivity index (χ4n) is 4.79. The molecular formula is C32H60IN3O6S. The van der Waals surface area contributed by atoms with E-state index in [0.717, 1.165) is 35.9 Å². The number of halogens is 1. The molecular weight excluding hydrogens is 681 g/mol. The number of methoxy groups -OCH3 is 1. The van der Waals surface area contributed by atoms with Crippen molar-refractivity contribution in [1.29, 1.82) is 0 Å². The zero-order valence-corrected chi connectivity index (χ0v) is 30.5. The lowest BCUT2D eigenvalue weighted by Crippen LogP contribution is -2.41. The minimum atomic E-state index is -0.744. The summed E-state index contributed by atoms with van der Waals surface area (Å²) < 4.78 is 15.8. The van der Waals surface area contributed by atoms with Crippen LogP contribution < -0.4 is 5.32 Å². The number of rotatable bonds is 25. The van der Waals surface area contributed by atoms with Crippen LogP contribution in [0.15, 0.2) is 11.1 Å². The molecule has 3 amide bonds. The Morgan fingerprint density at radius 2 is 1.37 bits per heavy atom. The van der Waals surface area contributed by atoms with Crippen molar-refractivity contribution in [2.45, 2.75) is 130 Å². The first-order chi connectivity index (χ1) is 20.4. The maximum atomic E-state index is 12.6. The van der Waals surface area contributed by atoms with Gasteiger partial charge in [-0.1, -0.05) is 103 Å². The Balaban J connectivity index is 0.0000176. The van der Waals surface area contributed by atoms with Crippen LogP contribution >= 0.6 is 35.7 Å². The molecule has 0 saturated carbocycles. The molecule has 1 unspecified atom stereocenters. The molecule has 0 spiro atoms. The Kier molecular flexibility index (Phi) is 27.5. The highest BCUT2D eigenvalue weighted by Crippen LogP contribution is 2.23. The van der Waals surface area contributed by atoms with E-state index in [9.17, 15) is 14.4 Å². The number of imide groups is 1. The lowest BCUT2D eigenvalue weighted by molar-refractivity contribution is -0.127. The van der Waals surface area contributed by atoms with Crippen LogP contribution in [0.4, 0.5) is 9.59 Å². The highest BCUT2D eigenvalue weighted by molar-refractivity contribution is 14.0. The zero-order valence-electron chi connectivity index (χ0n) is 27.4. The first kappa shape index (κ1) is 41.8. The number of ether oxygens (including phenoxy) is 3. The van der Waals surface area contributed by atoms with E-state index in [1.807, 2.05) is 12.3 Å². The van der Waals surface area contributed by atoms with Gasteiger partial charge in [-0.3, -0.25) is 4.79 Å². The Hall–Kier alpha value is -1.21. The van der Waals surface area contributed by atoms with Crippen LogP contribution in [0.25, 0.3) is 0 Å². The average Bonchev–Trinajstić information content (AvgIpc) is 3.44. The van der Waals surface area contributed by atoms with E-state index in [4.69, 9.17) is 14.2 Å². The normalized spacial score (nSPS) is 13.2. The molecule has 0 saturated heterocycles. The zero-order chi connectivity index (χ0) is 30.8. The van der Waals surface area contributed by atoms with Crippen molar-refractivity contribution < 1.29 is 28.6 Å². The molecule has 0 aromatic heterocycles. The van der Waals surface area contributed by atoms with Crippen molar-refractivity contribution in [3.63, 3.8) is 0 Å². The van der Waals surface area contributed by atoms with E-state index in [0.29, 0.717) is 6.54 Å². The van der Waals surface area contributed by atoms with Crippen LogP contribution in [-0.2, 0) is 19.0 Å². The van der Waals surface area contributed by atoms with Gasteiger partial charge >= 0.3 is 12.2 Å². The standard InChI is InChI=1S/C32H59N3O6S.HI/c1-5-7-8-9-10-11-12-13-14-15-16-17-18-19-20-21-22-33-31(37)40-24-30(39-4)25-41-32(38)35(28(3)36)23-29-26-42-27-34(29)6-2;/h26,30H,5-25,27H2,1-4H3,(H,33,37);1H. The number of unbranched alkanes of at least 4 members (excludes halogenated alkanes) is 15. The van der Waals surface area contributed by atoms with Gasteiger partial charge in [-0.25, -0.2) is 14.5 Å². The second-order valence-corrected chi connectivity index (χ2v) is 12.0. The number of hydrogen-bond acceptors (Lipinski definition) is 8. The van der Waals surface area contributed by atoms with Crippen molar-refractivity contribution >= 4 is 53.8 Å². The number of carbonyl (C=O) groups is 3. The second kappa shape index (κ2) is 28.3. The third-order valence-corrected chi connectivity index (χ3v) is 8.48. The number of nitrogens with one attached hydrogen (secondary N) is 1. The van der Waals surface area contributed by atoms with Crippen LogP contribution in [0.5, 0.6) is 0 Å². The van der Waals surface area contributed by atoms with Gasteiger partial charge in [0.1, 0.15) is 19.3 Å². The molecule has 1 aliphatic heterocycles. The summed E-state index contributed by atoms with van der Waals surface area (Å²) in [4.78, 5) is 39.8. The van der Waals surface area contributed by atoms with Gasteiger partial charge in [0.25, 0.3) is 0 Å². The van der Waals surface area contributed by atoms with Gasteiger partial charge < -0.3 is 24.4 Å². The van der Waals surface area contributed by atoms with Crippen LogP contribution in [0.2, 0.25) is 0 Å². The van der Waals surface area contributed by atoms with E-state index < -0.39 is 24.2 Å². The van der Waals surface area contributed by atoms with Gasteiger partial charge in [0.2, 0.25) is 5.91 Å². The van der Waals surface area contributed by atoms with E-state index in [1.165, 1.54) is 104 Å². The number of likely N-dealkylation sites (N-methyl/N-ethyl adjacent to an activating group) is 1. The second-order valence-electron chi connectivity index (χ2n) is 11.1. The maximum Gasteiger partial charge on any atom is 0.416 e. The summed E-state index contributed by atoms with van der Waals surface area (Å²) in [6.07, 6.45) is 19.1. The molecule has 0 radical (unpaired) electrons. The molecule has 1 aliphatic rings. The minimum absolute atomic E-state index is 0. The predicted molar refractivity (Wildman–Crippen MR) is 187 cm³/mol. The Morgan fingerprint density at radius 3 is 1.86 bits per heavy atom. The number of thioether (sulfide) groups is 1. The quantitative estimate of drug-likeness (QED) is 0.0736. The molecule has 0 aliphatic carbocycles. The summed E-state index contributed by atoms with van der Waals surface area (Å²) in [5.41, 5.74) is 0.905. The van der Waals surface area contributed by atoms with E-state index in [-0.39, 0.29) is 43.7 Å². The molecule has 0 fully saturated rings. The molecule has 9 nitrogen and oxygen atoms in total. The molecule has 11 heteroatoms. The molecule has 0 aromatic carbocycles. The van der Waals surface area contributed by atoms with E-state index >= 15 is 0 Å². The molecule has 0 bridgehead atoms. The summed E-state index contributed by atoms with van der Waals surface area (Å²) in [5.74, 6) is 0.407. The van der Waals surface area contributed by atoms with Crippen molar-refractivity contribution in [1.82, 2.24) is 15.1 Å². The van der Waals surface area contributed by atoms with Crippen LogP contribution in [-0.4, -0.2) is 79.8 Å². The topological polar surface area (TPSA) is 97.4 Å². The number of amides is 3. The van der Waals surface area contributed by atoms with Crippen LogP contribution in [0, 0.1) is 0 Å². The Labute approximate surface area is 283 Å². The first-order valence-corrected chi connectivity index (χ1v) is 17.4. The third-order valence-electron chi connectivity index (χ3n) is 7.58. The summed E-state index contributed by atoms with van der Waals surface area (Å²) >= 11 is 1.63. The predicted octanol–water partition coefficient (Wildman–Crippen LogP) is 8.46. The van der Waals surface area contributed by atoms with E-state index in [1.54, 1.807) is 11.8 Å². The smallest absolute Gasteiger partial charge is 0.416 e. The number of hydrogen-bond donors (Lipinski definition) is 1. The SMILES string of the molecule is CCCCCCCCCCCCCCCCCCNC(=O)OCC(COC(=O)N(CC1=CSCN1CC)C(C)=O)OC.I. The molecule has 1 atom stereocenters. The summed E-state index contributed by atoms with van der Waals surface area (Å²) in [7, 11) is 1.46. The van der Waals surface area contributed by atoms with Crippen LogP contribution in [0.1, 0.15) is 124 Å². The summed E-state index contributed by atoms with van der Waals surface area (Å²) in [6, 6.07) is 0. The minimum Gasteiger partial charge on any atom is -0.447 e. The van der Waals surface area contributed by atoms with Gasteiger partial charge in [-0.2, -0.15) is 0 Å². The van der Waals surface area contributed by atoms with Crippen molar-refractivity contribution in [3.8, 4) is 0 Å². The highest BCUT2D eigenvalue weighted by Gasteiger charge is 2.26. The van der Waals surface area contributed by atoms with Crippen molar-refractivity contribution in [3.05, 3.63) is 11.1 Å². The number of nitrogens with zero attached hydrogens (tertiary/aromatic N) is 2.